The van der Waals surface area contributed by atoms with Gasteiger partial charge in [0.15, 0.2) is 5.82 Å². The predicted octanol–water partition coefficient (Wildman–Crippen LogP) is 2.63. The zero-order chi connectivity index (χ0) is 19.4. The highest BCUT2D eigenvalue weighted by Gasteiger charge is 2.39. The Hall–Kier alpha value is -2.25. The largest absolute Gasteiger partial charge is 0.384 e. The lowest BCUT2D eigenvalue weighted by molar-refractivity contribution is -0.130. The fraction of sp³-hybridized carbons (Fsp3) is 0.571. The molecule has 1 fully saturated rings. The van der Waals surface area contributed by atoms with E-state index in [1.165, 1.54) is 12.8 Å². The van der Waals surface area contributed by atoms with Gasteiger partial charge in [-0.2, -0.15) is 0 Å². The Kier molecular flexibility index (Phi) is 5.73. The minimum atomic E-state index is -0.470. The fourth-order valence-corrected chi connectivity index (χ4v) is 4.32. The Bertz CT molecular complexity index is 820. The molecule has 1 aromatic carbocycles. The van der Waals surface area contributed by atoms with Crippen molar-refractivity contribution in [2.24, 2.45) is 5.41 Å². The molecular formula is C21H29N5O2. The van der Waals surface area contributed by atoms with Crippen LogP contribution >= 0.6 is 0 Å². The van der Waals surface area contributed by atoms with Crippen LogP contribution in [0.1, 0.15) is 37.9 Å². The van der Waals surface area contributed by atoms with Crippen LogP contribution in [0.25, 0.3) is 11.4 Å². The Morgan fingerprint density at radius 2 is 2.11 bits per heavy atom. The number of nitrogens with one attached hydrogen (secondary N) is 2. The topological polar surface area (TPSA) is 81.1 Å². The summed E-state index contributed by atoms with van der Waals surface area (Å²) in [5.74, 6) is 1.99. The third kappa shape index (κ3) is 3.82. The zero-order valence-electron chi connectivity index (χ0n) is 16.5. The molecule has 2 aliphatic rings. The zero-order valence-corrected chi connectivity index (χ0v) is 16.5. The van der Waals surface area contributed by atoms with Gasteiger partial charge < -0.3 is 19.9 Å². The smallest absolute Gasteiger partial charge is 0.233 e. The van der Waals surface area contributed by atoms with Crippen molar-refractivity contribution < 1.29 is 9.53 Å². The Balaban J connectivity index is 1.56. The summed E-state index contributed by atoms with van der Waals surface area (Å²) in [7, 11) is 1.66. The number of ether oxygens (including phenoxy) is 1. The molecule has 0 bridgehead atoms. The minimum Gasteiger partial charge on any atom is -0.384 e. The van der Waals surface area contributed by atoms with Crippen molar-refractivity contribution >= 4 is 11.6 Å². The van der Waals surface area contributed by atoms with Crippen LogP contribution in [-0.4, -0.2) is 47.5 Å². The number of aryl methyl sites for hydroxylation is 1. The van der Waals surface area contributed by atoms with E-state index in [1.54, 1.807) is 7.11 Å². The van der Waals surface area contributed by atoms with Crippen molar-refractivity contribution in [2.45, 2.75) is 45.1 Å². The molecule has 2 N–H and O–H groups in total. The third-order valence-electron chi connectivity index (χ3n) is 5.95. The summed E-state index contributed by atoms with van der Waals surface area (Å²) >= 11 is 0. The first-order valence-electron chi connectivity index (χ1n) is 10.3. The maximum atomic E-state index is 13.1. The Morgan fingerprint density at radius 1 is 1.25 bits per heavy atom. The van der Waals surface area contributed by atoms with Crippen LogP contribution in [0.3, 0.4) is 0 Å². The highest BCUT2D eigenvalue weighted by atomic mass is 16.5. The van der Waals surface area contributed by atoms with E-state index in [0.717, 1.165) is 68.2 Å². The summed E-state index contributed by atoms with van der Waals surface area (Å²) in [6, 6.07) is 7.94. The number of hydrogen-bond acceptors (Lipinski definition) is 5. The van der Waals surface area contributed by atoms with Crippen LogP contribution < -0.4 is 10.6 Å². The second kappa shape index (κ2) is 8.41. The molecule has 4 rings (SSSR count). The molecule has 1 amide bonds. The molecule has 2 aromatic rings. The van der Waals surface area contributed by atoms with E-state index in [1.807, 2.05) is 24.3 Å². The number of carbonyl (C=O) groups is 1. The number of amides is 1. The van der Waals surface area contributed by atoms with Crippen molar-refractivity contribution in [2.75, 3.05) is 32.1 Å². The average molecular weight is 383 g/mol. The Morgan fingerprint density at radius 3 is 2.93 bits per heavy atom. The highest BCUT2D eigenvalue weighted by molar-refractivity contribution is 5.96. The van der Waals surface area contributed by atoms with Gasteiger partial charge in [0.25, 0.3) is 0 Å². The number of aromatic nitrogens is 3. The molecule has 28 heavy (non-hydrogen) atoms. The number of fused-ring (bicyclic) bond motifs is 1. The standard InChI is InChI=1S/C21H29N5O2/c1-28-15-21(9-11-22-12-10-21)20(27)23-17-7-5-6-16(14-17)19-25-24-18-8-3-2-4-13-26(18)19/h5-7,14,22H,2-4,8-13,15H2,1H3,(H,23,27). The fourth-order valence-electron chi connectivity index (χ4n) is 4.32. The van der Waals surface area contributed by atoms with E-state index in [9.17, 15) is 4.79 Å². The van der Waals surface area contributed by atoms with Crippen LogP contribution in [0, 0.1) is 5.41 Å². The van der Waals surface area contributed by atoms with Crippen molar-refractivity contribution in [1.82, 2.24) is 20.1 Å². The van der Waals surface area contributed by atoms with Gasteiger partial charge in [0.05, 0.1) is 12.0 Å². The molecule has 0 spiro atoms. The van der Waals surface area contributed by atoms with Gasteiger partial charge >= 0.3 is 0 Å². The molecule has 1 saturated heterocycles. The van der Waals surface area contributed by atoms with Gasteiger partial charge in [0, 0.05) is 31.3 Å². The second-order valence-electron chi connectivity index (χ2n) is 7.90. The first kappa shape index (κ1) is 19.1. The molecule has 0 unspecified atom stereocenters. The molecule has 1 aromatic heterocycles. The highest BCUT2D eigenvalue weighted by Crippen LogP contribution is 2.32. The average Bonchev–Trinajstić information content (AvgIpc) is 2.97. The number of nitrogens with zero attached hydrogens (tertiary/aromatic N) is 3. The van der Waals surface area contributed by atoms with E-state index in [0.29, 0.717) is 6.61 Å². The molecule has 7 nitrogen and oxygen atoms in total. The first-order valence-corrected chi connectivity index (χ1v) is 10.3. The van der Waals surface area contributed by atoms with Gasteiger partial charge in [-0.1, -0.05) is 18.6 Å². The lowest BCUT2D eigenvalue weighted by Gasteiger charge is -2.35. The van der Waals surface area contributed by atoms with Gasteiger partial charge in [0.1, 0.15) is 5.82 Å². The van der Waals surface area contributed by atoms with Gasteiger partial charge in [-0.05, 0) is 50.9 Å². The maximum absolute atomic E-state index is 13.1. The molecule has 2 aliphatic heterocycles. The molecular weight excluding hydrogens is 354 g/mol. The van der Waals surface area contributed by atoms with E-state index in [-0.39, 0.29) is 5.91 Å². The summed E-state index contributed by atoms with van der Waals surface area (Å²) in [6.45, 7) is 3.07. The molecule has 7 heteroatoms. The number of methoxy groups -OCH3 is 1. The summed E-state index contributed by atoms with van der Waals surface area (Å²) in [6.07, 6.45) is 6.10. The van der Waals surface area contributed by atoms with Crippen molar-refractivity contribution in [3.05, 3.63) is 30.1 Å². The maximum Gasteiger partial charge on any atom is 0.233 e. The summed E-state index contributed by atoms with van der Waals surface area (Å²) in [4.78, 5) is 13.1. The SMILES string of the molecule is COCC1(C(=O)Nc2cccc(-c3nnc4n3CCCCC4)c2)CCNCC1. The van der Waals surface area contributed by atoms with E-state index in [2.05, 4.69) is 25.4 Å². The summed E-state index contributed by atoms with van der Waals surface area (Å²) < 4.78 is 7.62. The Labute approximate surface area is 165 Å². The van der Waals surface area contributed by atoms with E-state index < -0.39 is 5.41 Å². The predicted molar refractivity (Wildman–Crippen MR) is 108 cm³/mol. The second-order valence-corrected chi connectivity index (χ2v) is 7.90. The lowest BCUT2D eigenvalue weighted by atomic mass is 9.78. The monoisotopic (exact) mass is 383 g/mol. The van der Waals surface area contributed by atoms with Crippen molar-refractivity contribution in [3.8, 4) is 11.4 Å². The van der Waals surface area contributed by atoms with Crippen molar-refractivity contribution in [1.29, 1.82) is 0 Å². The van der Waals surface area contributed by atoms with E-state index >= 15 is 0 Å². The normalized spacial score (nSPS) is 18.9. The summed E-state index contributed by atoms with van der Waals surface area (Å²) in [5.41, 5.74) is 1.31. The lowest BCUT2D eigenvalue weighted by Crippen LogP contribution is -2.47. The molecule has 0 aliphatic carbocycles. The molecule has 0 radical (unpaired) electrons. The number of anilines is 1. The van der Waals surface area contributed by atoms with Gasteiger partial charge in [-0.15, -0.1) is 10.2 Å². The van der Waals surface area contributed by atoms with E-state index in [4.69, 9.17) is 4.74 Å². The van der Waals surface area contributed by atoms with Gasteiger partial charge in [-0.3, -0.25) is 4.79 Å². The van der Waals surface area contributed by atoms with Crippen LogP contribution in [0.2, 0.25) is 0 Å². The first-order chi connectivity index (χ1) is 13.7. The summed E-state index contributed by atoms with van der Waals surface area (Å²) in [5, 5.41) is 15.3. The molecule has 150 valence electrons. The third-order valence-corrected chi connectivity index (χ3v) is 5.95. The minimum absolute atomic E-state index is 0.0353. The number of piperidine rings is 1. The number of benzene rings is 1. The molecule has 3 heterocycles. The van der Waals surface area contributed by atoms with Crippen LogP contribution in [0.4, 0.5) is 5.69 Å². The van der Waals surface area contributed by atoms with Crippen LogP contribution in [-0.2, 0) is 22.5 Å². The molecule has 0 atom stereocenters. The number of rotatable bonds is 5. The van der Waals surface area contributed by atoms with Crippen molar-refractivity contribution in [3.63, 3.8) is 0 Å². The number of carbonyl (C=O) groups excluding carboxylic acids is 1. The molecule has 0 saturated carbocycles. The number of hydrogen-bond donors (Lipinski definition) is 2. The van der Waals surface area contributed by atoms with Crippen LogP contribution in [0.5, 0.6) is 0 Å². The quantitative estimate of drug-likeness (QED) is 0.830. The van der Waals surface area contributed by atoms with Gasteiger partial charge in [0.2, 0.25) is 5.91 Å². The van der Waals surface area contributed by atoms with Crippen LogP contribution in [0.15, 0.2) is 24.3 Å². The van der Waals surface area contributed by atoms with Gasteiger partial charge in [-0.25, -0.2) is 0 Å².